The summed E-state index contributed by atoms with van der Waals surface area (Å²) in [4.78, 5) is 4.08. The van der Waals surface area contributed by atoms with Crippen molar-refractivity contribution in [2.24, 2.45) is 0 Å². The number of nitrogens with one attached hydrogen (secondary N) is 1. The molecule has 7 heteroatoms. The van der Waals surface area contributed by atoms with Crippen LogP contribution < -0.4 is 4.72 Å². The van der Waals surface area contributed by atoms with Crippen LogP contribution in [0, 0.1) is 0 Å². The molecule has 0 spiro atoms. The maximum absolute atomic E-state index is 12.0. The van der Waals surface area contributed by atoms with Crippen molar-refractivity contribution < 1.29 is 17.9 Å². The fourth-order valence-corrected chi connectivity index (χ4v) is 2.74. The normalized spacial score (nSPS) is 13.4. The average Bonchev–Trinajstić information content (AvgIpc) is 2.89. The van der Waals surface area contributed by atoms with Crippen LogP contribution in [-0.4, -0.2) is 18.5 Å². The number of aromatic nitrogens is 1. The standard InChI is InChI=1S/C12H14N2O4S/c1-9(11-4-2-3-7-13-11)14-19(16,17)12-6-5-10(8-15)18-12/h2-7,9,14-15H,8H2,1H3. The topological polar surface area (TPSA) is 92.4 Å². The van der Waals surface area contributed by atoms with Gasteiger partial charge in [0.15, 0.2) is 0 Å². The van der Waals surface area contributed by atoms with Gasteiger partial charge in [0.25, 0.3) is 10.0 Å². The molecule has 0 fully saturated rings. The summed E-state index contributed by atoms with van der Waals surface area (Å²) in [6, 6.07) is 7.51. The molecule has 1 unspecified atom stereocenters. The number of pyridine rings is 1. The lowest BCUT2D eigenvalue weighted by molar-refractivity contribution is 0.236. The third kappa shape index (κ3) is 3.19. The summed E-state index contributed by atoms with van der Waals surface area (Å²) in [6.45, 7) is 1.35. The molecular formula is C12H14N2O4S. The van der Waals surface area contributed by atoms with E-state index in [1.807, 2.05) is 0 Å². The fraction of sp³-hybridized carbons (Fsp3) is 0.250. The van der Waals surface area contributed by atoms with E-state index in [1.54, 1.807) is 31.3 Å². The lowest BCUT2D eigenvalue weighted by atomic mass is 10.2. The molecule has 2 aromatic rings. The summed E-state index contributed by atoms with van der Waals surface area (Å²) in [5.74, 6) is 0.200. The summed E-state index contributed by atoms with van der Waals surface area (Å²) >= 11 is 0. The molecule has 2 heterocycles. The van der Waals surface area contributed by atoms with Gasteiger partial charge in [0, 0.05) is 6.20 Å². The Hall–Kier alpha value is -1.70. The van der Waals surface area contributed by atoms with E-state index in [-0.39, 0.29) is 17.5 Å². The van der Waals surface area contributed by atoms with Gasteiger partial charge in [-0.1, -0.05) is 6.07 Å². The smallest absolute Gasteiger partial charge is 0.274 e. The second-order valence-corrected chi connectivity index (χ2v) is 5.62. The van der Waals surface area contributed by atoms with E-state index in [0.717, 1.165) is 0 Å². The largest absolute Gasteiger partial charge is 0.446 e. The maximum atomic E-state index is 12.0. The van der Waals surface area contributed by atoms with Crippen LogP contribution >= 0.6 is 0 Å². The molecule has 0 aliphatic carbocycles. The lowest BCUT2D eigenvalue weighted by Gasteiger charge is -2.12. The molecule has 0 aliphatic rings. The predicted molar refractivity (Wildman–Crippen MR) is 67.6 cm³/mol. The molecule has 0 aromatic carbocycles. The second kappa shape index (κ2) is 5.52. The zero-order valence-corrected chi connectivity index (χ0v) is 11.1. The SMILES string of the molecule is CC(NS(=O)(=O)c1ccc(CO)o1)c1ccccn1. The number of rotatable bonds is 5. The van der Waals surface area contributed by atoms with Gasteiger partial charge in [-0.3, -0.25) is 4.98 Å². The molecule has 2 N–H and O–H groups in total. The molecule has 0 amide bonds. The number of sulfonamides is 1. The van der Waals surface area contributed by atoms with E-state index in [1.165, 1.54) is 12.1 Å². The molecule has 1 atom stereocenters. The average molecular weight is 282 g/mol. The van der Waals surface area contributed by atoms with Gasteiger partial charge >= 0.3 is 0 Å². The van der Waals surface area contributed by atoms with E-state index in [4.69, 9.17) is 9.52 Å². The minimum Gasteiger partial charge on any atom is -0.446 e. The van der Waals surface area contributed by atoms with Crippen LogP contribution in [0.2, 0.25) is 0 Å². The predicted octanol–water partition coefficient (Wildman–Crippen LogP) is 1.21. The maximum Gasteiger partial charge on any atom is 0.274 e. The third-order valence-corrected chi connectivity index (χ3v) is 3.93. The molecule has 6 nitrogen and oxygen atoms in total. The summed E-state index contributed by atoms with van der Waals surface area (Å²) in [6.07, 6.45) is 1.59. The highest BCUT2D eigenvalue weighted by Crippen LogP contribution is 2.17. The first-order valence-corrected chi connectivity index (χ1v) is 7.14. The minimum absolute atomic E-state index is 0.200. The van der Waals surface area contributed by atoms with Crippen LogP contribution in [0.1, 0.15) is 24.4 Å². The van der Waals surface area contributed by atoms with Crippen LogP contribution in [0.25, 0.3) is 0 Å². The van der Waals surface area contributed by atoms with Gasteiger partial charge in [-0.05, 0) is 31.2 Å². The van der Waals surface area contributed by atoms with E-state index < -0.39 is 16.1 Å². The lowest BCUT2D eigenvalue weighted by Crippen LogP contribution is -2.27. The Morgan fingerprint density at radius 1 is 1.37 bits per heavy atom. The highest BCUT2D eigenvalue weighted by molar-refractivity contribution is 7.89. The number of furan rings is 1. The van der Waals surface area contributed by atoms with E-state index in [9.17, 15) is 8.42 Å². The highest BCUT2D eigenvalue weighted by Gasteiger charge is 2.22. The van der Waals surface area contributed by atoms with Gasteiger partial charge in [0.2, 0.25) is 5.09 Å². The molecule has 0 saturated carbocycles. The summed E-state index contributed by atoms with van der Waals surface area (Å²) in [5.41, 5.74) is 0.611. The molecule has 0 aliphatic heterocycles. The van der Waals surface area contributed by atoms with Crippen molar-refractivity contribution in [2.75, 3.05) is 0 Å². The summed E-state index contributed by atoms with van der Waals surface area (Å²) in [7, 11) is -3.76. The van der Waals surface area contributed by atoms with Gasteiger partial charge < -0.3 is 9.52 Å². The Labute approximate surface area is 111 Å². The summed E-state index contributed by atoms with van der Waals surface area (Å²) in [5, 5.41) is 8.63. The first-order valence-electron chi connectivity index (χ1n) is 5.66. The van der Waals surface area contributed by atoms with Gasteiger partial charge in [0.1, 0.15) is 12.4 Å². The molecule has 0 radical (unpaired) electrons. The van der Waals surface area contributed by atoms with E-state index in [2.05, 4.69) is 9.71 Å². The monoisotopic (exact) mass is 282 g/mol. The van der Waals surface area contributed by atoms with Crippen molar-refractivity contribution in [2.45, 2.75) is 24.7 Å². The van der Waals surface area contributed by atoms with E-state index in [0.29, 0.717) is 5.69 Å². The molecule has 0 bridgehead atoms. The second-order valence-electron chi connectivity index (χ2n) is 3.98. The van der Waals surface area contributed by atoms with Gasteiger partial charge in [-0.25, -0.2) is 8.42 Å². The zero-order valence-electron chi connectivity index (χ0n) is 10.3. The van der Waals surface area contributed by atoms with Crippen molar-refractivity contribution >= 4 is 10.0 Å². The van der Waals surface area contributed by atoms with Crippen LogP contribution in [0.3, 0.4) is 0 Å². The van der Waals surface area contributed by atoms with Crippen molar-refractivity contribution in [3.63, 3.8) is 0 Å². The number of nitrogens with zero attached hydrogens (tertiary/aromatic N) is 1. The molecule has 102 valence electrons. The molecule has 2 rings (SSSR count). The molecular weight excluding hydrogens is 268 g/mol. The Morgan fingerprint density at radius 2 is 2.16 bits per heavy atom. The Morgan fingerprint density at radius 3 is 2.74 bits per heavy atom. The first kappa shape index (κ1) is 13.7. The van der Waals surface area contributed by atoms with Gasteiger partial charge in [-0.2, -0.15) is 4.72 Å². The van der Waals surface area contributed by atoms with Crippen molar-refractivity contribution in [3.05, 3.63) is 48.0 Å². The van der Waals surface area contributed by atoms with Gasteiger partial charge in [0.05, 0.1) is 11.7 Å². The van der Waals surface area contributed by atoms with Crippen LogP contribution in [-0.2, 0) is 16.6 Å². The van der Waals surface area contributed by atoms with Crippen LogP contribution in [0.5, 0.6) is 0 Å². The summed E-state index contributed by atoms with van der Waals surface area (Å²) < 4.78 is 31.5. The van der Waals surface area contributed by atoms with E-state index >= 15 is 0 Å². The quantitative estimate of drug-likeness (QED) is 0.859. The first-order chi connectivity index (χ1) is 9.03. The number of hydrogen-bond acceptors (Lipinski definition) is 5. The van der Waals surface area contributed by atoms with Crippen molar-refractivity contribution in [3.8, 4) is 0 Å². The van der Waals surface area contributed by atoms with Crippen molar-refractivity contribution in [1.82, 2.24) is 9.71 Å². The Bertz CT molecular complexity index is 637. The van der Waals surface area contributed by atoms with Gasteiger partial charge in [-0.15, -0.1) is 0 Å². The van der Waals surface area contributed by atoms with Crippen molar-refractivity contribution in [1.29, 1.82) is 0 Å². The Balaban J connectivity index is 2.17. The van der Waals surface area contributed by atoms with Crippen LogP contribution in [0.15, 0.2) is 46.0 Å². The molecule has 0 saturated heterocycles. The van der Waals surface area contributed by atoms with Crippen LogP contribution in [0.4, 0.5) is 0 Å². The third-order valence-electron chi connectivity index (χ3n) is 2.52. The zero-order chi connectivity index (χ0) is 13.9. The molecule has 2 aromatic heterocycles. The highest BCUT2D eigenvalue weighted by atomic mass is 32.2. The number of aliphatic hydroxyl groups is 1. The minimum atomic E-state index is -3.76. The number of aliphatic hydroxyl groups excluding tert-OH is 1. The fourth-order valence-electron chi connectivity index (χ4n) is 1.57. The Kier molecular flexibility index (Phi) is 3.98. The number of hydrogen-bond donors (Lipinski definition) is 2. The molecule has 19 heavy (non-hydrogen) atoms.